The van der Waals surface area contributed by atoms with Gasteiger partial charge in [0.15, 0.2) is 0 Å². The number of aromatic carboxylic acids is 1. The highest BCUT2D eigenvalue weighted by Crippen LogP contribution is 2.23. The van der Waals surface area contributed by atoms with Gasteiger partial charge >= 0.3 is 5.97 Å². The molecule has 0 aliphatic heterocycles. The van der Waals surface area contributed by atoms with Crippen LogP contribution in [0.25, 0.3) is 0 Å². The van der Waals surface area contributed by atoms with Crippen molar-refractivity contribution in [2.45, 2.75) is 4.90 Å². The Morgan fingerprint density at radius 1 is 0.897 bits per heavy atom. The van der Waals surface area contributed by atoms with Crippen molar-refractivity contribution in [2.24, 2.45) is 0 Å². The molecule has 0 heterocycles. The Morgan fingerprint density at radius 2 is 1.55 bits per heavy atom. The van der Waals surface area contributed by atoms with Crippen molar-refractivity contribution in [1.29, 1.82) is 0 Å². The van der Waals surface area contributed by atoms with Gasteiger partial charge in [-0.2, -0.15) is 0 Å². The summed E-state index contributed by atoms with van der Waals surface area (Å²) in [6.45, 7) is 0. The maximum absolute atomic E-state index is 13.7. The van der Waals surface area contributed by atoms with E-state index in [1.165, 1.54) is 48.5 Å². The summed E-state index contributed by atoms with van der Waals surface area (Å²) in [6, 6.07) is 15.9. The predicted molar refractivity (Wildman–Crippen MR) is 105 cm³/mol. The molecule has 3 aromatic rings. The summed E-state index contributed by atoms with van der Waals surface area (Å²) in [5.74, 6) is -2.53. The molecule has 0 fully saturated rings. The third-order valence-electron chi connectivity index (χ3n) is 3.91. The fraction of sp³-hybridized carbons (Fsp3) is 0. The number of benzene rings is 3. The van der Waals surface area contributed by atoms with Crippen LogP contribution >= 0.6 is 0 Å². The van der Waals surface area contributed by atoms with Gasteiger partial charge in [0.25, 0.3) is 15.9 Å². The monoisotopic (exact) mass is 414 g/mol. The summed E-state index contributed by atoms with van der Waals surface area (Å²) in [7, 11) is -4.04. The number of sulfonamides is 1. The second-order valence-electron chi connectivity index (χ2n) is 5.95. The van der Waals surface area contributed by atoms with Gasteiger partial charge in [0.05, 0.1) is 21.7 Å². The lowest BCUT2D eigenvalue weighted by Gasteiger charge is -2.13. The van der Waals surface area contributed by atoms with Gasteiger partial charge in [0.1, 0.15) is 5.82 Å². The van der Waals surface area contributed by atoms with Gasteiger partial charge in [0.2, 0.25) is 0 Å². The van der Waals surface area contributed by atoms with Crippen LogP contribution in [0, 0.1) is 5.82 Å². The number of hydrogen-bond acceptors (Lipinski definition) is 4. The van der Waals surface area contributed by atoms with Crippen molar-refractivity contribution >= 4 is 33.3 Å². The van der Waals surface area contributed by atoms with Gasteiger partial charge in [0, 0.05) is 5.69 Å². The number of anilines is 2. The summed E-state index contributed by atoms with van der Waals surface area (Å²) < 4.78 is 41.0. The molecule has 3 rings (SSSR count). The van der Waals surface area contributed by atoms with Crippen LogP contribution in [0.3, 0.4) is 0 Å². The molecule has 7 nitrogen and oxygen atoms in total. The third kappa shape index (κ3) is 4.77. The summed E-state index contributed by atoms with van der Waals surface area (Å²) in [5, 5.41) is 11.4. The molecule has 0 spiro atoms. The maximum Gasteiger partial charge on any atom is 0.335 e. The van der Waals surface area contributed by atoms with Gasteiger partial charge in [-0.1, -0.05) is 18.2 Å². The summed E-state index contributed by atoms with van der Waals surface area (Å²) >= 11 is 0. The van der Waals surface area contributed by atoms with Crippen molar-refractivity contribution in [2.75, 3.05) is 10.0 Å². The number of carboxylic acid groups (broad SMARTS) is 1. The van der Waals surface area contributed by atoms with Crippen molar-refractivity contribution in [3.05, 3.63) is 89.7 Å². The van der Waals surface area contributed by atoms with E-state index in [1.54, 1.807) is 6.07 Å². The van der Waals surface area contributed by atoms with Gasteiger partial charge in [-0.3, -0.25) is 9.52 Å². The molecule has 3 N–H and O–H groups in total. The van der Waals surface area contributed by atoms with Crippen LogP contribution in [0.1, 0.15) is 20.7 Å². The molecule has 0 aliphatic carbocycles. The smallest absolute Gasteiger partial charge is 0.335 e. The molecule has 1 amide bonds. The Bertz CT molecular complexity index is 1160. The number of amides is 1. The highest BCUT2D eigenvalue weighted by molar-refractivity contribution is 7.92. The van der Waals surface area contributed by atoms with Crippen molar-refractivity contribution in [3.63, 3.8) is 0 Å². The first-order valence-electron chi connectivity index (χ1n) is 8.28. The molecule has 0 aliphatic rings. The van der Waals surface area contributed by atoms with Crippen LogP contribution in [-0.4, -0.2) is 25.4 Å². The number of hydrogen-bond donors (Lipinski definition) is 3. The van der Waals surface area contributed by atoms with E-state index < -0.39 is 27.7 Å². The summed E-state index contributed by atoms with van der Waals surface area (Å²) in [5.41, 5.74) is 0.00371. The molecule has 29 heavy (non-hydrogen) atoms. The van der Waals surface area contributed by atoms with Crippen LogP contribution < -0.4 is 10.0 Å². The lowest BCUT2D eigenvalue weighted by molar-refractivity contribution is 0.0696. The molecule has 0 radical (unpaired) electrons. The number of rotatable bonds is 6. The van der Waals surface area contributed by atoms with E-state index >= 15 is 0 Å². The minimum atomic E-state index is -4.04. The van der Waals surface area contributed by atoms with E-state index in [0.29, 0.717) is 5.69 Å². The molecular formula is C20H15FN2O5S. The van der Waals surface area contributed by atoms with Crippen molar-refractivity contribution in [3.8, 4) is 0 Å². The topological polar surface area (TPSA) is 113 Å². The van der Waals surface area contributed by atoms with Crippen molar-refractivity contribution in [1.82, 2.24) is 0 Å². The van der Waals surface area contributed by atoms with E-state index in [-0.39, 0.29) is 21.7 Å². The molecule has 0 bridgehead atoms. The molecule has 148 valence electrons. The first-order valence-corrected chi connectivity index (χ1v) is 9.77. The van der Waals surface area contributed by atoms with E-state index in [2.05, 4.69) is 10.0 Å². The highest BCUT2D eigenvalue weighted by Gasteiger charge is 2.19. The van der Waals surface area contributed by atoms with E-state index in [1.807, 2.05) is 0 Å². The SMILES string of the molecule is O=C(O)c1ccc(NC(=O)c2ccc(F)cc2NS(=O)(=O)c2ccccc2)cc1. The van der Waals surface area contributed by atoms with E-state index in [9.17, 15) is 22.4 Å². The Labute approximate surface area is 165 Å². The molecule has 0 unspecified atom stereocenters. The Kier molecular flexibility index (Phi) is 5.60. The molecular weight excluding hydrogens is 399 g/mol. The maximum atomic E-state index is 13.7. The molecule has 0 atom stereocenters. The highest BCUT2D eigenvalue weighted by atomic mass is 32.2. The largest absolute Gasteiger partial charge is 0.478 e. The Balaban J connectivity index is 1.88. The normalized spacial score (nSPS) is 10.9. The quantitative estimate of drug-likeness (QED) is 0.571. The summed E-state index contributed by atoms with van der Waals surface area (Å²) in [6.07, 6.45) is 0. The first kappa shape index (κ1) is 20.0. The standard InChI is InChI=1S/C20H15FN2O5S/c21-14-8-11-17(19(24)22-15-9-6-13(7-10-15)20(25)26)18(12-14)23-29(27,28)16-4-2-1-3-5-16/h1-12,23H,(H,22,24)(H,25,26). The molecule has 9 heteroatoms. The van der Waals surface area contributed by atoms with Crippen LogP contribution in [0.2, 0.25) is 0 Å². The second kappa shape index (κ2) is 8.11. The number of nitrogens with one attached hydrogen (secondary N) is 2. The van der Waals surface area contributed by atoms with Crippen LogP contribution in [0.15, 0.2) is 77.7 Å². The fourth-order valence-corrected chi connectivity index (χ4v) is 3.59. The van der Waals surface area contributed by atoms with Crippen molar-refractivity contribution < 1.29 is 27.5 Å². The number of carboxylic acids is 1. The van der Waals surface area contributed by atoms with Crippen LogP contribution in [0.4, 0.5) is 15.8 Å². The average Bonchev–Trinajstić information content (AvgIpc) is 2.69. The third-order valence-corrected chi connectivity index (χ3v) is 5.30. The minimum Gasteiger partial charge on any atom is -0.478 e. The predicted octanol–water partition coefficient (Wildman–Crippen LogP) is 3.58. The number of halogens is 1. The zero-order chi connectivity index (χ0) is 21.0. The van der Waals surface area contributed by atoms with Crippen LogP contribution in [0.5, 0.6) is 0 Å². The van der Waals surface area contributed by atoms with E-state index in [4.69, 9.17) is 5.11 Å². The first-order chi connectivity index (χ1) is 13.8. The zero-order valence-corrected chi connectivity index (χ0v) is 15.6. The minimum absolute atomic E-state index is 0.0418. The van der Waals surface area contributed by atoms with Gasteiger partial charge in [-0.15, -0.1) is 0 Å². The lowest BCUT2D eigenvalue weighted by Crippen LogP contribution is -2.19. The molecule has 3 aromatic carbocycles. The Morgan fingerprint density at radius 3 is 2.17 bits per heavy atom. The molecule has 0 saturated carbocycles. The van der Waals surface area contributed by atoms with Crippen LogP contribution in [-0.2, 0) is 10.0 Å². The van der Waals surface area contributed by atoms with E-state index in [0.717, 1.165) is 18.2 Å². The van der Waals surface area contributed by atoms with Gasteiger partial charge in [-0.25, -0.2) is 17.6 Å². The second-order valence-corrected chi connectivity index (χ2v) is 7.63. The summed E-state index contributed by atoms with van der Waals surface area (Å²) in [4.78, 5) is 23.5. The zero-order valence-electron chi connectivity index (χ0n) is 14.8. The molecule has 0 aromatic heterocycles. The average molecular weight is 414 g/mol. The fourth-order valence-electron chi connectivity index (χ4n) is 2.50. The molecule has 0 saturated heterocycles. The van der Waals surface area contributed by atoms with Gasteiger partial charge < -0.3 is 10.4 Å². The van der Waals surface area contributed by atoms with Gasteiger partial charge in [-0.05, 0) is 54.6 Å². The lowest BCUT2D eigenvalue weighted by atomic mass is 10.1. The number of carbonyl (C=O) groups excluding carboxylic acids is 1. The Hall–Kier alpha value is -3.72. The number of carbonyl (C=O) groups is 2.